The van der Waals surface area contributed by atoms with Crippen molar-refractivity contribution in [1.29, 1.82) is 0 Å². The van der Waals surface area contributed by atoms with Gasteiger partial charge in [0.25, 0.3) is 5.91 Å². The highest BCUT2D eigenvalue weighted by molar-refractivity contribution is 7.22. The van der Waals surface area contributed by atoms with E-state index < -0.39 is 5.91 Å². The van der Waals surface area contributed by atoms with Crippen molar-refractivity contribution >= 4 is 44.6 Å². The lowest BCUT2D eigenvalue weighted by atomic mass is 10.0. The number of aromatic nitrogens is 1. The predicted molar refractivity (Wildman–Crippen MR) is 163 cm³/mol. The normalized spacial score (nSPS) is 11.0. The Labute approximate surface area is 246 Å². The largest absolute Gasteiger partial charge is 0.497 e. The number of anilines is 1. The summed E-state index contributed by atoms with van der Waals surface area (Å²) in [5.41, 5.74) is 2.67. The van der Waals surface area contributed by atoms with E-state index >= 15 is 0 Å². The molecule has 9 nitrogen and oxygen atoms in total. The number of ketones is 1. The maximum atomic E-state index is 13.9. The molecule has 5 aromatic rings. The molecular weight excluding hydrogens is 554 g/mol. The molecule has 0 atom stereocenters. The van der Waals surface area contributed by atoms with Gasteiger partial charge >= 0.3 is 0 Å². The molecule has 4 aromatic carbocycles. The molecule has 0 fully saturated rings. The van der Waals surface area contributed by atoms with Gasteiger partial charge in [0.05, 0.1) is 44.9 Å². The number of hydrazone groups is 1. The molecule has 0 bridgehead atoms. The Hall–Kier alpha value is -5.22. The van der Waals surface area contributed by atoms with E-state index in [0.717, 1.165) is 4.70 Å². The number of carbonyl (C=O) groups is 2. The first-order valence-electron chi connectivity index (χ1n) is 12.8. The van der Waals surface area contributed by atoms with Gasteiger partial charge in [-0.1, -0.05) is 53.8 Å². The molecule has 212 valence electrons. The van der Waals surface area contributed by atoms with Crippen molar-refractivity contribution < 1.29 is 28.5 Å². The second kappa shape index (κ2) is 12.5. The number of hydrogen-bond donors (Lipinski definition) is 0. The number of nitrogens with zero attached hydrogens (tertiary/aromatic N) is 3. The molecule has 1 amide bonds. The van der Waals surface area contributed by atoms with Gasteiger partial charge in [0.1, 0.15) is 5.75 Å². The van der Waals surface area contributed by atoms with E-state index in [2.05, 4.69) is 10.1 Å². The van der Waals surface area contributed by atoms with Crippen LogP contribution in [0.3, 0.4) is 0 Å². The average Bonchev–Trinajstić information content (AvgIpc) is 3.47. The quantitative estimate of drug-likeness (QED) is 0.109. The second-order valence-electron chi connectivity index (χ2n) is 8.92. The van der Waals surface area contributed by atoms with Crippen LogP contribution in [0.5, 0.6) is 23.0 Å². The molecular formula is C32H27N3O6S. The minimum atomic E-state index is -0.427. The molecule has 0 saturated heterocycles. The fourth-order valence-electron chi connectivity index (χ4n) is 4.24. The zero-order valence-corrected chi connectivity index (χ0v) is 24.2. The molecule has 1 heterocycles. The van der Waals surface area contributed by atoms with Gasteiger partial charge in [-0.25, -0.2) is 4.98 Å². The van der Waals surface area contributed by atoms with E-state index in [1.165, 1.54) is 43.9 Å². The fraction of sp³-hybridized carbons (Fsp3) is 0.125. The number of rotatable bonds is 10. The molecule has 0 radical (unpaired) electrons. The lowest BCUT2D eigenvalue weighted by molar-refractivity contribution is 0.0985. The lowest BCUT2D eigenvalue weighted by Crippen LogP contribution is -2.25. The average molecular weight is 582 g/mol. The molecule has 0 N–H and O–H groups in total. The van der Waals surface area contributed by atoms with Crippen LogP contribution in [-0.4, -0.2) is 51.3 Å². The Morgan fingerprint density at radius 3 is 2.02 bits per heavy atom. The van der Waals surface area contributed by atoms with Crippen molar-refractivity contribution in [2.24, 2.45) is 5.10 Å². The zero-order valence-electron chi connectivity index (χ0n) is 23.4. The molecule has 0 saturated carbocycles. The summed E-state index contributed by atoms with van der Waals surface area (Å²) in [6, 6.07) is 24.4. The van der Waals surface area contributed by atoms with E-state index in [0.29, 0.717) is 55.9 Å². The van der Waals surface area contributed by atoms with Crippen molar-refractivity contribution in [2.45, 2.75) is 0 Å². The summed E-state index contributed by atoms with van der Waals surface area (Å²) < 4.78 is 22.5. The standard InChI is InChI=1S/C32H27N3O6S/c1-38-24-14-15-25-28(18-24)42-32(34-25)35(33-19-20-16-26(39-2)30(41-4)27(17-20)40-3)31(37)23-12-10-22(11-13-23)29(36)21-8-6-5-7-9-21/h5-19H,1-4H3/b33-19+. The summed E-state index contributed by atoms with van der Waals surface area (Å²) in [4.78, 5) is 31.4. The van der Waals surface area contributed by atoms with Gasteiger partial charge < -0.3 is 18.9 Å². The summed E-state index contributed by atoms with van der Waals surface area (Å²) in [5.74, 6) is 1.45. The first-order chi connectivity index (χ1) is 20.4. The Morgan fingerprint density at radius 2 is 1.40 bits per heavy atom. The summed E-state index contributed by atoms with van der Waals surface area (Å²) in [6.45, 7) is 0. The van der Waals surface area contributed by atoms with Crippen LogP contribution in [0.4, 0.5) is 5.13 Å². The Kier molecular flexibility index (Phi) is 8.44. The van der Waals surface area contributed by atoms with E-state index in [4.69, 9.17) is 18.9 Å². The van der Waals surface area contributed by atoms with Crippen LogP contribution in [0.15, 0.2) is 90.0 Å². The highest BCUT2D eigenvalue weighted by atomic mass is 32.1. The predicted octanol–water partition coefficient (Wildman–Crippen LogP) is 6.24. The minimum absolute atomic E-state index is 0.132. The number of thiazole rings is 1. The van der Waals surface area contributed by atoms with E-state index in [9.17, 15) is 9.59 Å². The van der Waals surface area contributed by atoms with Crippen LogP contribution in [-0.2, 0) is 0 Å². The molecule has 1 aromatic heterocycles. The van der Waals surface area contributed by atoms with Crippen LogP contribution >= 0.6 is 11.3 Å². The zero-order chi connectivity index (χ0) is 29.6. The van der Waals surface area contributed by atoms with E-state index in [-0.39, 0.29) is 5.78 Å². The van der Waals surface area contributed by atoms with Gasteiger partial charge in [-0.2, -0.15) is 10.1 Å². The van der Waals surface area contributed by atoms with Crippen molar-refractivity contribution in [3.05, 3.63) is 107 Å². The number of fused-ring (bicyclic) bond motifs is 1. The van der Waals surface area contributed by atoms with Gasteiger partial charge in [-0.05, 0) is 42.5 Å². The molecule has 0 aliphatic heterocycles. The van der Waals surface area contributed by atoms with Crippen molar-refractivity contribution in [2.75, 3.05) is 33.4 Å². The monoisotopic (exact) mass is 581 g/mol. The fourth-order valence-corrected chi connectivity index (χ4v) is 5.19. The maximum absolute atomic E-state index is 13.9. The third-order valence-electron chi connectivity index (χ3n) is 6.40. The Bertz CT molecular complexity index is 1740. The minimum Gasteiger partial charge on any atom is -0.497 e. The Balaban J connectivity index is 1.53. The molecule has 0 spiro atoms. The van der Waals surface area contributed by atoms with Crippen molar-refractivity contribution in [3.8, 4) is 23.0 Å². The molecule has 0 unspecified atom stereocenters. The number of benzene rings is 4. The van der Waals surface area contributed by atoms with Gasteiger partial charge in [0, 0.05) is 22.3 Å². The van der Waals surface area contributed by atoms with Gasteiger partial charge in [0.2, 0.25) is 10.9 Å². The maximum Gasteiger partial charge on any atom is 0.280 e. The third kappa shape index (κ3) is 5.79. The molecule has 5 rings (SSSR count). The smallest absolute Gasteiger partial charge is 0.280 e. The van der Waals surface area contributed by atoms with Crippen LogP contribution in [0, 0.1) is 0 Å². The molecule has 10 heteroatoms. The summed E-state index contributed by atoms with van der Waals surface area (Å²) in [5, 5.41) is 6.13. The second-order valence-corrected chi connectivity index (χ2v) is 9.93. The SMILES string of the molecule is COc1ccc2nc(N(/N=C/c3cc(OC)c(OC)c(OC)c3)C(=O)c3ccc(C(=O)c4ccccc4)cc3)sc2c1. The van der Waals surface area contributed by atoms with Crippen LogP contribution < -0.4 is 24.0 Å². The highest BCUT2D eigenvalue weighted by Gasteiger charge is 2.22. The topological polar surface area (TPSA) is 99.6 Å². The van der Waals surface area contributed by atoms with Crippen molar-refractivity contribution in [3.63, 3.8) is 0 Å². The van der Waals surface area contributed by atoms with Gasteiger partial charge in [0.15, 0.2) is 17.3 Å². The van der Waals surface area contributed by atoms with Crippen LogP contribution in [0.25, 0.3) is 10.2 Å². The van der Waals surface area contributed by atoms with E-state index in [1.54, 1.807) is 61.7 Å². The number of methoxy groups -OCH3 is 4. The van der Waals surface area contributed by atoms with Crippen LogP contribution in [0.2, 0.25) is 0 Å². The lowest BCUT2D eigenvalue weighted by Gasteiger charge is -2.15. The summed E-state index contributed by atoms with van der Waals surface area (Å²) in [6.07, 6.45) is 1.52. The number of ether oxygens (including phenoxy) is 4. The third-order valence-corrected chi connectivity index (χ3v) is 7.39. The molecule has 0 aliphatic carbocycles. The highest BCUT2D eigenvalue weighted by Crippen LogP contribution is 2.38. The van der Waals surface area contributed by atoms with E-state index in [1.807, 2.05) is 30.3 Å². The first kappa shape index (κ1) is 28.3. The van der Waals surface area contributed by atoms with Crippen LogP contribution in [0.1, 0.15) is 31.8 Å². The first-order valence-corrected chi connectivity index (χ1v) is 13.6. The number of carbonyl (C=O) groups excluding carboxylic acids is 2. The summed E-state index contributed by atoms with van der Waals surface area (Å²) in [7, 11) is 6.16. The number of hydrogen-bond acceptors (Lipinski definition) is 9. The van der Waals surface area contributed by atoms with Gasteiger partial charge in [-0.3, -0.25) is 9.59 Å². The molecule has 42 heavy (non-hydrogen) atoms. The van der Waals surface area contributed by atoms with Gasteiger partial charge in [-0.15, -0.1) is 0 Å². The molecule has 0 aliphatic rings. The Morgan fingerprint density at radius 1 is 0.762 bits per heavy atom. The van der Waals surface area contributed by atoms with Crippen molar-refractivity contribution in [1.82, 2.24) is 4.98 Å². The number of amides is 1. The summed E-state index contributed by atoms with van der Waals surface area (Å²) >= 11 is 1.30.